The zero-order valence-corrected chi connectivity index (χ0v) is 14.2. The van der Waals surface area contributed by atoms with Crippen molar-refractivity contribution in [2.45, 2.75) is 57.3 Å². The zero-order chi connectivity index (χ0) is 16.4. The second-order valence-electron chi connectivity index (χ2n) is 5.35. The van der Waals surface area contributed by atoms with Crippen LogP contribution in [0.4, 0.5) is 0 Å². The van der Waals surface area contributed by atoms with Crippen LogP contribution in [0.3, 0.4) is 0 Å². The van der Waals surface area contributed by atoms with E-state index in [1.807, 2.05) is 6.92 Å². The maximum Gasteiger partial charge on any atom is 0.221 e. The van der Waals surface area contributed by atoms with Crippen LogP contribution in [0.15, 0.2) is 40.3 Å². The average molecular weight is 323 g/mol. The first kappa shape index (κ1) is 18.4. The Hall–Kier alpha value is -1.62. The average Bonchev–Trinajstić information content (AvgIpc) is 2.50. The third-order valence-electron chi connectivity index (χ3n) is 3.46. The number of nitrogens with one attached hydrogen (secondary N) is 1. The fraction of sp³-hybridized carbons (Fsp3) is 0.471. The standard InChI is InChI=1S/C17H25NO3S/c1-3-4-5-6-7-8-9-17(18-14-19)22(20,21)16-12-10-15(2)11-13-16/h9-14H,3-8H2,1-2H3,(H,18,19). The summed E-state index contributed by atoms with van der Waals surface area (Å²) in [5.41, 5.74) is 0.990. The van der Waals surface area contributed by atoms with Crippen LogP contribution in [0.5, 0.6) is 0 Å². The Labute approximate surface area is 133 Å². The van der Waals surface area contributed by atoms with Crippen molar-refractivity contribution in [2.75, 3.05) is 0 Å². The van der Waals surface area contributed by atoms with Gasteiger partial charge in [-0.15, -0.1) is 0 Å². The number of rotatable bonds is 10. The number of sulfone groups is 1. The summed E-state index contributed by atoms with van der Waals surface area (Å²) in [5.74, 6) is 0. The summed E-state index contributed by atoms with van der Waals surface area (Å²) >= 11 is 0. The molecule has 0 saturated carbocycles. The quantitative estimate of drug-likeness (QED) is 0.527. The van der Waals surface area contributed by atoms with E-state index >= 15 is 0 Å². The van der Waals surface area contributed by atoms with Gasteiger partial charge in [0.05, 0.1) is 4.90 Å². The zero-order valence-electron chi connectivity index (χ0n) is 13.3. The Morgan fingerprint density at radius 2 is 1.73 bits per heavy atom. The van der Waals surface area contributed by atoms with E-state index in [2.05, 4.69) is 12.2 Å². The molecular formula is C17H25NO3S. The highest BCUT2D eigenvalue weighted by atomic mass is 32.2. The van der Waals surface area contributed by atoms with Crippen LogP contribution in [0, 0.1) is 6.92 Å². The van der Waals surface area contributed by atoms with Crippen LogP contribution < -0.4 is 5.32 Å². The SMILES string of the molecule is CCCCCCCC=C(NC=O)S(=O)(=O)c1ccc(C)cc1. The van der Waals surface area contributed by atoms with Gasteiger partial charge in [-0.3, -0.25) is 4.79 Å². The minimum atomic E-state index is -3.66. The Morgan fingerprint density at radius 3 is 2.32 bits per heavy atom. The Kier molecular flexibility index (Phi) is 7.88. The number of hydrogen-bond donors (Lipinski definition) is 1. The van der Waals surface area contributed by atoms with Crippen LogP contribution in [-0.4, -0.2) is 14.8 Å². The van der Waals surface area contributed by atoms with Crippen molar-refractivity contribution in [3.05, 3.63) is 40.9 Å². The molecule has 1 N–H and O–H groups in total. The van der Waals surface area contributed by atoms with Crippen LogP contribution >= 0.6 is 0 Å². The highest BCUT2D eigenvalue weighted by molar-refractivity contribution is 7.95. The van der Waals surface area contributed by atoms with Gasteiger partial charge >= 0.3 is 0 Å². The Balaban J connectivity index is 2.79. The van der Waals surface area contributed by atoms with Gasteiger partial charge < -0.3 is 5.32 Å². The molecule has 0 atom stereocenters. The summed E-state index contributed by atoms with van der Waals surface area (Å²) in [4.78, 5) is 10.9. The predicted molar refractivity (Wildman–Crippen MR) is 89.0 cm³/mol. The molecule has 0 spiro atoms. The molecule has 1 amide bonds. The van der Waals surface area contributed by atoms with Gasteiger partial charge in [0.1, 0.15) is 5.03 Å². The van der Waals surface area contributed by atoms with Crippen LogP contribution in [0.2, 0.25) is 0 Å². The van der Waals surface area contributed by atoms with E-state index in [0.29, 0.717) is 12.8 Å². The fourth-order valence-electron chi connectivity index (χ4n) is 2.13. The summed E-state index contributed by atoms with van der Waals surface area (Å²) in [6, 6.07) is 6.62. The summed E-state index contributed by atoms with van der Waals surface area (Å²) < 4.78 is 25.0. The molecule has 0 heterocycles. The van der Waals surface area contributed by atoms with Crippen molar-refractivity contribution in [3.63, 3.8) is 0 Å². The van der Waals surface area contributed by atoms with Crippen molar-refractivity contribution in [3.8, 4) is 0 Å². The number of benzene rings is 1. The van der Waals surface area contributed by atoms with Crippen molar-refractivity contribution >= 4 is 16.2 Å². The van der Waals surface area contributed by atoms with E-state index in [0.717, 1.165) is 24.8 Å². The van der Waals surface area contributed by atoms with Crippen LogP contribution in [0.1, 0.15) is 51.0 Å². The van der Waals surface area contributed by atoms with Crippen LogP contribution in [-0.2, 0) is 14.6 Å². The van der Waals surface area contributed by atoms with Crippen molar-refractivity contribution in [2.24, 2.45) is 0 Å². The van der Waals surface area contributed by atoms with E-state index in [1.54, 1.807) is 30.3 Å². The van der Waals surface area contributed by atoms with Gasteiger partial charge in [0, 0.05) is 0 Å². The summed E-state index contributed by atoms with van der Waals surface area (Å²) in [7, 11) is -3.66. The molecule has 0 aliphatic heterocycles. The van der Waals surface area contributed by atoms with Gasteiger partial charge in [-0.1, -0.05) is 50.3 Å². The van der Waals surface area contributed by atoms with Crippen molar-refractivity contribution < 1.29 is 13.2 Å². The molecule has 0 aliphatic carbocycles. The molecular weight excluding hydrogens is 298 g/mol. The van der Waals surface area contributed by atoms with Gasteiger partial charge in [-0.05, 0) is 38.0 Å². The van der Waals surface area contributed by atoms with E-state index in [-0.39, 0.29) is 9.92 Å². The number of carbonyl (C=O) groups excluding carboxylic acids is 1. The molecule has 0 fully saturated rings. The lowest BCUT2D eigenvalue weighted by molar-refractivity contribution is -0.108. The monoisotopic (exact) mass is 323 g/mol. The topological polar surface area (TPSA) is 63.2 Å². The molecule has 0 aromatic heterocycles. The molecule has 122 valence electrons. The van der Waals surface area contributed by atoms with Gasteiger partial charge in [0.25, 0.3) is 0 Å². The smallest absolute Gasteiger partial charge is 0.221 e. The Morgan fingerprint density at radius 1 is 1.09 bits per heavy atom. The van der Waals surface area contributed by atoms with Crippen molar-refractivity contribution in [1.82, 2.24) is 5.32 Å². The minimum absolute atomic E-state index is 0.0261. The molecule has 1 aromatic rings. The molecule has 22 heavy (non-hydrogen) atoms. The minimum Gasteiger partial charge on any atom is -0.319 e. The van der Waals surface area contributed by atoms with Gasteiger partial charge in [-0.2, -0.15) is 0 Å². The number of allylic oxidation sites excluding steroid dienone is 1. The maximum absolute atomic E-state index is 12.5. The second kappa shape index (κ2) is 9.41. The number of hydrogen-bond acceptors (Lipinski definition) is 3. The van der Waals surface area contributed by atoms with Crippen LogP contribution in [0.25, 0.3) is 0 Å². The summed E-state index contributed by atoms with van der Waals surface area (Å²) in [6.07, 6.45) is 8.19. The fourth-order valence-corrected chi connectivity index (χ4v) is 3.42. The normalized spacial score (nSPS) is 12.2. The van der Waals surface area contributed by atoms with Crippen molar-refractivity contribution in [1.29, 1.82) is 0 Å². The molecule has 0 unspecified atom stereocenters. The van der Waals surface area contributed by atoms with Gasteiger partial charge in [0.15, 0.2) is 0 Å². The molecule has 1 rings (SSSR count). The summed E-state index contributed by atoms with van der Waals surface area (Å²) in [6.45, 7) is 4.05. The van der Waals surface area contributed by atoms with E-state index in [9.17, 15) is 13.2 Å². The number of unbranched alkanes of at least 4 members (excludes halogenated alkanes) is 5. The first-order valence-electron chi connectivity index (χ1n) is 7.74. The lowest BCUT2D eigenvalue weighted by Gasteiger charge is -2.08. The number of amides is 1. The molecule has 5 heteroatoms. The largest absolute Gasteiger partial charge is 0.319 e. The third-order valence-corrected chi connectivity index (χ3v) is 5.22. The maximum atomic E-state index is 12.5. The molecule has 0 bridgehead atoms. The molecule has 4 nitrogen and oxygen atoms in total. The van der Waals surface area contributed by atoms with E-state index in [1.165, 1.54) is 12.8 Å². The van der Waals surface area contributed by atoms with Gasteiger partial charge in [-0.25, -0.2) is 8.42 Å². The first-order chi connectivity index (χ1) is 10.5. The lowest BCUT2D eigenvalue weighted by atomic mass is 10.1. The lowest BCUT2D eigenvalue weighted by Crippen LogP contribution is -2.19. The first-order valence-corrected chi connectivity index (χ1v) is 9.22. The molecule has 0 radical (unpaired) electrons. The number of carbonyl (C=O) groups is 1. The second-order valence-corrected chi connectivity index (χ2v) is 7.27. The van der Waals surface area contributed by atoms with E-state index < -0.39 is 9.84 Å². The van der Waals surface area contributed by atoms with E-state index in [4.69, 9.17) is 0 Å². The molecule has 1 aromatic carbocycles. The number of aryl methyl sites for hydroxylation is 1. The highest BCUT2D eigenvalue weighted by Gasteiger charge is 2.19. The Bertz CT molecular complexity index is 589. The molecule has 0 aliphatic rings. The third kappa shape index (κ3) is 5.64. The summed E-state index contributed by atoms with van der Waals surface area (Å²) in [5, 5.41) is 2.30. The predicted octanol–water partition coefficient (Wildman–Crippen LogP) is 3.72. The van der Waals surface area contributed by atoms with Gasteiger partial charge in [0.2, 0.25) is 16.2 Å². The highest BCUT2D eigenvalue weighted by Crippen LogP contribution is 2.19. The molecule has 0 saturated heterocycles.